The Hall–Kier alpha value is -1.66. The molecule has 0 aromatic carbocycles. The highest BCUT2D eigenvalue weighted by molar-refractivity contribution is 8.01. The molecule has 0 saturated heterocycles. The zero-order chi connectivity index (χ0) is 12.4. The molecular weight excluding hydrogens is 266 g/mol. The average Bonchev–Trinajstić information content (AvgIpc) is 2.82. The first-order valence-corrected chi connectivity index (χ1v) is 6.88. The molecule has 0 N–H and O–H groups in total. The monoisotopic (exact) mass is 275 g/mol. The van der Waals surface area contributed by atoms with Gasteiger partial charge in [0.05, 0.1) is 7.11 Å². The fraction of sp³-hybridized carbons (Fsp3) is 0.0833. The number of methoxy groups -OCH3 is 1. The van der Waals surface area contributed by atoms with E-state index in [0.717, 1.165) is 19.6 Å². The molecule has 0 aliphatic heterocycles. The van der Waals surface area contributed by atoms with E-state index in [1.807, 2.05) is 24.3 Å². The van der Waals surface area contributed by atoms with Gasteiger partial charge in [-0.2, -0.15) is 0 Å². The Labute approximate surface area is 112 Å². The summed E-state index contributed by atoms with van der Waals surface area (Å²) in [6.07, 6.45) is 3.56. The van der Waals surface area contributed by atoms with Crippen LogP contribution < -0.4 is 4.74 Å². The summed E-state index contributed by atoms with van der Waals surface area (Å²) in [5, 5.41) is 0. The molecule has 0 spiro atoms. The van der Waals surface area contributed by atoms with Crippen LogP contribution in [0, 0.1) is 0 Å². The molecule has 0 unspecified atom stereocenters. The lowest BCUT2D eigenvalue weighted by Gasteiger charge is -1.99. The van der Waals surface area contributed by atoms with Crippen LogP contribution in [0.1, 0.15) is 0 Å². The summed E-state index contributed by atoms with van der Waals surface area (Å²) in [6, 6.07) is 7.67. The van der Waals surface area contributed by atoms with Crippen molar-refractivity contribution in [1.82, 2.24) is 15.0 Å². The number of hydrogen-bond donors (Lipinski definition) is 0. The first kappa shape index (κ1) is 11.4. The predicted molar refractivity (Wildman–Crippen MR) is 72.3 cm³/mol. The Balaban J connectivity index is 1.86. The molecule has 0 bridgehead atoms. The lowest BCUT2D eigenvalue weighted by atomic mass is 10.5. The van der Waals surface area contributed by atoms with Gasteiger partial charge in [-0.25, -0.2) is 15.0 Å². The second-order valence-electron chi connectivity index (χ2n) is 3.45. The summed E-state index contributed by atoms with van der Waals surface area (Å²) in [5.41, 5.74) is 0.937. The maximum Gasteiger partial charge on any atom is 0.212 e. The van der Waals surface area contributed by atoms with Crippen LogP contribution in [0.2, 0.25) is 0 Å². The van der Waals surface area contributed by atoms with Crippen LogP contribution in [-0.4, -0.2) is 22.1 Å². The van der Waals surface area contributed by atoms with Gasteiger partial charge in [0.2, 0.25) is 5.88 Å². The number of thiazole rings is 1. The summed E-state index contributed by atoms with van der Waals surface area (Å²) in [6.45, 7) is 0. The van der Waals surface area contributed by atoms with Gasteiger partial charge < -0.3 is 4.74 Å². The fourth-order valence-electron chi connectivity index (χ4n) is 1.44. The van der Waals surface area contributed by atoms with E-state index in [1.54, 1.807) is 42.6 Å². The van der Waals surface area contributed by atoms with Crippen molar-refractivity contribution < 1.29 is 4.74 Å². The SMILES string of the molecule is COc1ccc(Sc2nc3cccnc3s2)cn1. The van der Waals surface area contributed by atoms with Gasteiger partial charge in [0, 0.05) is 23.4 Å². The first-order valence-electron chi connectivity index (χ1n) is 5.24. The van der Waals surface area contributed by atoms with Crippen molar-refractivity contribution in [3.05, 3.63) is 36.7 Å². The Kier molecular flexibility index (Phi) is 3.12. The number of aromatic nitrogens is 3. The first-order chi connectivity index (χ1) is 8.85. The van der Waals surface area contributed by atoms with Crippen LogP contribution in [0.5, 0.6) is 5.88 Å². The number of ether oxygens (including phenoxy) is 1. The van der Waals surface area contributed by atoms with Crippen LogP contribution in [0.4, 0.5) is 0 Å². The van der Waals surface area contributed by atoms with Crippen LogP contribution in [0.3, 0.4) is 0 Å². The minimum absolute atomic E-state index is 0.616. The average molecular weight is 275 g/mol. The molecule has 0 fully saturated rings. The van der Waals surface area contributed by atoms with Crippen LogP contribution in [-0.2, 0) is 0 Å². The second kappa shape index (κ2) is 4.91. The van der Waals surface area contributed by atoms with Crippen molar-refractivity contribution in [3.63, 3.8) is 0 Å². The van der Waals surface area contributed by atoms with Crippen molar-refractivity contribution in [2.45, 2.75) is 9.24 Å². The summed E-state index contributed by atoms with van der Waals surface area (Å²) in [7, 11) is 1.61. The van der Waals surface area contributed by atoms with E-state index < -0.39 is 0 Å². The number of nitrogens with zero attached hydrogens (tertiary/aromatic N) is 3. The van der Waals surface area contributed by atoms with E-state index >= 15 is 0 Å². The summed E-state index contributed by atoms with van der Waals surface area (Å²) >= 11 is 3.17. The predicted octanol–water partition coefficient (Wildman–Crippen LogP) is 3.25. The van der Waals surface area contributed by atoms with E-state index in [9.17, 15) is 0 Å². The highest BCUT2D eigenvalue weighted by Gasteiger charge is 2.06. The van der Waals surface area contributed by atoms with Gasteiger partial charge in [-0.05, 0) is 18.2 Å². The summed E-state index contributed by atoms with van der Waals surface area (Å²) < 4.78 is 5.99. The maximum atomic E-state index is 5.02. The summed E-state index contributed by atoms with van der Waals surface area (Å²) in [4.78, 5) is 15.0. The van der Waals surface area contributed by atoms with Crippen molar-refractivity contribution >= 4 is 33.4 Å². The standard InChI is InChI=1S/C12H9N3OS2/c1-16-10-5-4-8(7-14-10)17-12-15-9-3-2-6-13-11(9)18-12/h2-7H,1H3. The Morgan fingerprint density at radius 1 is 1.22 bits per heavy atom. The fourth-order valence-corrected chi connectivity index (χ4v) is 3.36. The molecular formula is C12H9N3OS2. The van der Waals surface area contributed by atoms with E-state index in [1.165, 1.54) is 0 Å². The van der Waals surface area contributed by atoms with Crippen LogP contribution in [0.25, 0.3) is 10.3 Å². The third kappa shape index (κ3) is 2.30. The van der Waals surface area contributed by atoms with Crippen LogP contribution >= 0.6 is 23.1 Å². The molecule has 0 aliphatic carbocycles. The molecule has 90 valence electrons. The molecule has 3 rings (SSSR count). The molecule has 0 aliphatic rings. The van der Waals surface area contributed by atoms with Crippen molar-refractivity contribution in [1.29, 1.82) is 0 Å². The van der Waals surface area contributed by atoms with Gasteiger partial charge in [-0.1, -0.05) is 23.1 Å². The molecule has 6 heteroatoms. The van der Waals surface area contributed by atoms with Gasteiger partial charge in [-0.3, -0.25) is 0 Å². The molecule has 18 heavy (non-hydrogen) atoms. The van der Waals surface area contributed by atoms with Gasteiger partial charge in [0.25, 0.3) is 0 Å². The largest absolute Gasteiger partial charge is 0.481 e. The molecule has 3 aromatic rings. The quantitative estimate of drug-likeness (QED) is 0.734. The molecule has 4 nitrogen and oxygen atoms in total. The van der Waals surface area contributed by atoms with Gasteiger partial charge in [0.1, 0.15) is 10.3 Å². The third-order valence-corrected chi connectivity index (χ3v) is 4.29. The van der Waals surface area contributed by atoms with Gasteiger partial charge in [-0.15, -0.1) is 0 Å². The smallest absolute Gasteiger partial charge is 0.212 e. The van der Waals surface area contributed by atoms with Crippen molar-refractivity contribution in [3.8, 4) is 5.88 Å². The summed E-state index contributed by atoms with van der Waals surface area (Å²) in [5.74, 6) is 0.616. The van der Waals surface area contributed by atoms with E-state index in [-0.39, 0.29) is 0 Å². The molecule has 0 radical (unpaired) electrons. The number of pyridine rings is 2. The normalized spacial score (nSPS) is 10.7. The Morgan fingerprint density at radius 3 is 2.89 bits per heavy atom. The highest BCUT2D eigenvalue weighted by Crippen LogP contribution is 2.33. The van der Waals surface area contributed by atoms with E-state index in [4.69, 9.17) is 4.74 Å². The minimum atomic E-state index is 0.616. The Bertz CT molecular complexity index is 633. The lowest BCUT2D eigenvalue weighted by Crippen LogP contribution is -1.85. The van der Waals surface area contributed by atoms with Crippen molar-refractivity contribution in [2.75, 3.05) is 7.11 Å². The van der Waals surface area contributed by atoms with Crippen molar-refractivity contribution in [2.24, 2.45) is 0 Å². The van der Waals surface area contributed by atoms with Crippen LogP contribution in [0.15, 0.2) is 45.9 Å². The number of hydrogen-bond acceptors (Lipinski definition) is 6. The zero-order valence-electron chi connectivity index (χ0n) is 9.53. The molecule has 0 atom stereocenters. The number of fused-ring (bicyclic) bond motifs is 1. The Morgan fingerprint density at radius 2 is 2.17 bits per heavy atom. The van der Waals surface area contributed by atoms with E-state index in [0.29, 0.717) is 5.88 Å². The zero-order valence-corrected chi connectivity index (χ0v) is 11.2. The van der Waals surface area contributed by atoms with Gasteiger partial charge in [0.15, 0.2) is 4.34 Å². The number of rotatable bonds is 3. The minimum Gasteiger partial charge on any atom is -0.481 e. The highest BCUT2D eigenvalue weighted by atomic mass is 32.2. The third-order valence-electron chi connectivity index (χ3n) is 2.27. The maximum absolute atomic E-state index is 5.02. The molecule has 0 saturated carbocycles. The molecule has 3 aromatic heterocycles. The van der Waals surface area contributed by atoms with E-state index in [2.05, 4.69) is 15.0 Å². The molecule has 3 heterocycles. The second-order valence-corrected chi connectivity index (χ2v) is 5.74. The topological polar surface area (TPSA) is 47.9 Å². The lowest BCUT2D eigenvalue weighted by molar-refractivity contribution is 0.397. The van der Waals surface area contributed by atoms with Gasteiger partial charge >= 0.3 is 0 Å². The molecule has 0 amide bonds.